The van der Waals surface area contributed by atoms with Gasteiger partial charge in [0.15, 0.2) is 0 Å². The number of aromatic nitrogens is 1. The summed E-state index contributed by atoms with van der Waals surface area (Å²) in [5, 5.41) is 15.3. The molecule has 2 aromatic rings. The number of carbonyl (C=O) groups excluding carboxylic acids is 2. The molecule has 8 nitrogen and oxygen atoms in total. The quantitative estimate of drug-likeness (QED) is 0.680. The number of H-pyrrole nitrogens is 1. The number of likely N-dealkylation sites (tertiary alicyclic amines) is 1. The number of fused-ring (bicyclic) bond motifs is 1. The van der Waals surface area contributed by atoms with Crippen molar-refractivity contribution < 1.29 is 19.5 Å². The fraction of sp³-hybridized carbons (Fsp3) is 0.353. The minimum atomic E-state index is -0.868. The molecule has 1 aromatic carbocycles. The summed E-state index contributed by atoms with van der Waals surface area (Å²) in [6.45, 7) is 0.761. The van der Waals surface area contributed by atoms with Crippen LogP contribution in [0.25, 0.3) is 10.9 Å². The Hall–Kier alpha value is -3.03. The number of carboxylic acid groups (broad SMARTS) is 1. The molecule has 1 aromatic heterocycles. The van der Waals surface area contributed by atoms with E-state index in [2.05, 4.69) is 15.6 Å². The molecule has 3 amide bonds. The van der Waals surface area contributed by atoms with Crippen LogP contribution in [0.3, 0.4) is 0 Å². The molecule has 1 atom stereocenters. The Balaban J connectivity index is 1.72. The lowest BCUT2D eigenvalue weighted by atomic mass is 9.99. The van der Waals surface area contributed by atoms with E-state index in [-0.39, 0.29) is 18.5 Å². The van der Waals surface area contributed by atoms with Crippen molar-refractivity contribution in [2.45, 2.75) is 12.8 Å². The van der Waals surface area contributed by atoms with Crippen molar-refractivity contribution >= 4 is 34.5 Å². The van der Waals surface area contributed by atoms with Crippen molar-refractivity contribution in [2.75, 3.05) is 25.5 Å². The second kappa shape index (κ2) is 6.84. The molecule has 25 heavy (non-hydrogen) atoms. The summed E-state index contributed by atoms with van der Waals surface area (Å²) in [6, 6.07) is 6.70. The zero-order valence-electron chi connectivity index (χ0n) is 13.8. The van der Waals surface area contributed by atoms with Crippen LogP contribution >= 0.6 is 0 Å². The average molecular weight is 344 g/mol. The minimum Gasteiger partial charge on any atom is -0.481 e. The Morgan fingerprint density at radius 2 is 2.08 bits per heavy atom. The van der Waals surface area contributed by atoms with Gasteiger partial charge in [-0.05, 0) is 37.1 Å². The van der Waals surface area contributed by atoms with Crippen molar-refractivity contribution in [2.24, 2.45) is 5.92 Å². The Bertz CT molecular complexity index is 829. The second-order valence-corrected chi connectivity index (χ2v) is 6.12. The number of nitrogens with zero attached hydrogens (tertiary/aromatic N) is 1. The molecular weight excluding hydrogens is 324 g/mol. The third kappa shape index (κ3) is 3.57. The van der Waals surface area contributed by atoms with Gasteiger partial charge >= 0.3 is 12.0 Å². The first kappa shape index (κ1) is 16.8. The number of hydrogen-bond acceptors (Lipinski definition) is 3. The van der Waals surface area contributed by atoms with Crippen LogP contribution < -0.4 is 10.6 Å². The van der Waals surface area contributed by atoms with Gasteiger partial charge in [0.1, 0.15) is 5.69 Å². The maximum atomic E-state index is 12.4. The van der Waals surface area contributed by atoms with Gasteiger partial charge in [-0.25, -0.2) is 4.79 Å². The Morgan fingerprint density at radius 3 is 2.80 bits per heavy atom. The van der Waals surface area contributed by atoms with Crippen LogP contribution in [0.2, 0.25) is 0 Å². The summed E-state index contributed by atoms with van der Waals surface area (Å²) in [6.07, 6.45) is 1.27. The Labute approximate surface area is 144 Å². The zero-order chi connectivity index (χ0) is 18.0. The number of aromatic amines is 1. The number of carboxylic acids is 1. The van der Waals surface area contributed by atoms with Gasteiger partial charge in [-0.3, -0.25) is 9.59 Å². The molecule has 1 unspecified atom stereocenters. The van der Waals surface area contributed by atoms with Crippen LogP contribution in [0.4, 0.5) is 10.5 Å². The molecule has 2 heterocycles. The molecule has 0 aliphatic carbocycles. The summed E-state index contributed by atoms with van der Waals surface area (Å²) in [5.74, 6) is -1.59. The highest BCUT2D eigenvalue weighted by molar-refractivity contribution is 5.99. The van der Waals surface area contributed by atoms with E-state index in [1.54, 1.807) is 31.3 Å². The van der Waals surface area contributed by atoms with Gasteiger partial charge in [-0.2, -0.15) is 0 Å². The minimum absolute atomic E-state index is 0.213. The highest BCUT2D eigenvalue weighted by atomic mass is 16.4. The molecule has 1 saturated heterocycles. The number of rotatable bonds is 3. The van der Waals surface area contributed by atoms with Gasteiger partial charge in [0.2, 0.25) is 0 Å². The second-order valence-electron chi connectivity index (χ2n) is 6.12. The monoisotopic (exact) mass is 344 g/mol. The molecule has 1 aliphatic heterocycles. The highest BCUT2D eigenvalue weighted by Gasteiger charge is 2.28. The van der Waals surface area contributed by atoms with Crippen LogP contribution in [-0.4, -0.2) is 53.0 Å². The van der Waals surface area contributed by atoms with Gasteiger partial charge in [-0.15, -0.1) is 0 Å². The fourth-order valence-electron chi connectivity index (χ4n) is 3.03. The van der Waals surface area contributed by atoms with Crippen LogP contribution in [0, 0.1) is 5.92 Å². The van der Waals surface area contributed by atoms with E-state index in [0.717, 1.165) is 10.9 Å². The lowest BCUT2D eigenvalue weighted by Crippen LogP contribution is -2.44. The van der Waals surface area contributed by atoms with Gasteiger partial charge < -0.3 is 25.6 Å². The first-order valence-corrected chi connectivity index (χ1v) is 8.11. The predicted molar refractivity (Wildman–Crippen MR) is 92.6 cm³/mol. The summed E-state index contributed by atoms with van der Waals surface area (Å²) < 4.78 is 0. The summed E-state index contributed by atoms with van der Waals surface area (Å²) in [5.41, 5.74) is 1.83. The fourth-order valence-corrected chi connectivity index (χ4v) is 3.03. The van der Waals surface area contributed by atoms with Gasteiger partial charge in [0.05, 0.1) is 5.92 Å². The highest BCUT2D eigenvalue weighted by Crippen LogP contribution is 2.22. The smallest absolute Gasteiger partial charge is 0.321 e. The van der Waals surface area contributed by atoms with Crippen molar-refractivity contribution in [3.63, 3.8) is 0 Å². The molecule has 0 radical (unpaired) electrons. The number of carbonyl (C=O) groups is 3. The van der Waals surface area contributed by atoms with Gasteiger partial charge in [-0.1, -0.05) is 0 Å². The number of amides is 3. The van der Waals surface area contributed by atoms with Gasteiger partial charge in [0.25, 0.3) is 5.91 Å². The van der Waals surface area contributed by atoms with E-state index in [1.165, 1.54) is 4.90 Å². The third-order valence-electron chi connectivity index (χ3n) is 4.40. The standard InChI is InChI=1S/C17H20N4O4/c1-18-15(22)14-8-11-7-12(4-5-13(11)20-14)19-17(25)21-6-2-3-10(9-21)16(23)24/h4-5,7-8,10,20H,2-3,6,9H2,1H3,(H,18,22)(H,19,25)(H,23,24). The topological polar surface area (TPSA) is 115 Å². The van der Waals surface area contributed by atoms with E-state index in [4.69, 9.17) is 5.11 Å². The summed E-state index contributed by atoms with van der Waals surface area (Å²) >= 11 is 0. The van der Waals surface area contributed by atoms with E-state index >= 15 is 0 Å². The third-order valence-corrected chi connectivity index (χ3v) is 4.40. The number of aliphatic carboxylic acids is 1. The maximum Gasteiger partial charge on any atom is 0.321 e. The maximum absolute atomic E-state index is 12.4. The average Bonchev–Trinajstić information content (AvgIpc) is 3.04. The Morgan fingerprint density at radius 1 is 1.28 bits per heavy atom. The van der Waals surface area contributed by atoms with Crippen molar-refractivity contribution in [3.8, 4) is 0 Å². The molecule has 4 N–H and O–H groups in total. The molecule has 3 rings (SSSR count). The number of hydrogen-bond donors (Lipinski definition) is 4. The predicted octanol–water partition coefficient (Wildman–Crippen LogP) is 1.86. The number of anilines is 1. The first-order valence-electron chi connectivity index (χ1n) is 8.11. The molecule has 0 bridgehead atoms. The van der Waals surface area contributed by atoms with E-state index in [1.807, 2.05) is 0 Å². The van der Waals surface area contributed by atoms with Crippen molar-refractivity contribution in [1.82, 2.24) is 15.2 Å². The van der Waals surface area contributed by atoms with Crippen LogP contribution in [0.1, 0.15) is 23.3 Å². The molecular formula is C17H20N4O4. The lowest BCUT2D eigenvalue weighted by molar-refractivity contribution is -0.143. The molecule has 1 aliphatic rings. The van der Waals surface area contributed by atoms with Crippen molar-refractivity contribution in [3.05, 3.63) is 30.0 Å². The zero-order valence-corrected chi connectivity index (χ0v) is 13.8. The van der Waals surface area contributed by atoms with Crippen LogP contribution in [0.15, 0.2) is 24.3 Å². The first-order chi connectivity index (χ1) is 12.0. The SMILES string of the molecule is CNC(=O)c1cc2cc(NC(=O)N3CCCC(C(=O)O)C3)ccc2[nH]1. The number of nitrogens with one attached hydrogen (secondary N) is 3. The van der Waals surface area contributed by atoms with E-state index in [0.29, 0.717) is 30.8 Å². The molecule has 132 valence electrons. The molecule has 0 saturated carbocycles. The van der Waals surface area contributed by atoms with E-state index in [9.17, 15) is 14.4 Å². The normalized spacial score (nSPS) is 17.3. The van der Waals surface area contributed by atoms with Crippen molar-refractivity contribution in [1.29, 1.82) is 0 Å². The number of urea groups is 1. The van der Waals surface area contributed by atoms with E-state index < -0.39 is 11.9 Å². The molecule has 8 heteroatoms. The Kier molecular flexibility index (Phi) is 4.60. The van der Waals surface area contributed by atoms with Crippen LogP contribution in [0.5, 0.6) is 0 Å². The summed E-state index contributed by atoms with van der Waals surface area (Å²) in [7, 11) is 1.56. The largest absolute Gasteiger partial charge is 0.481 e. The summed E-state index contributed by atoms with van der Waals surface area (Å²) in [4.78, 5) is 39.7. The molecule has 1 fully saturated rings. The lowest BCUT2D eigenvalue weighted by Gasteiger charge is -2.30. The molecule has 0 spiro atoms. The number of piperidine rings is 1. The van der Waals surface area contributed by atoms with Gasteiger partial charge in [0, 0.05) is 36.7 Å². The number of benzene rings is 1. The van der Waals surface area contributed by atoms with Crippen LogP contribution in [-0.2, 0) is 4.79 Å².